The third-order valence-electron chi connectivity index (χ3n) is 8.37. The summed E-state index contributed by atoms with van der Waals surface area (Å²) in [7, 11) is 0. The molecule has 1 N–H and O–H groups in total. The molecule has 2 aliphatic heterocycles. The van der Waals surface area contributed by atoms with Gasteiger partial charge in [0.2, 0.25) is 5.82 Å². The first kappa shape index (κ1) is 25.7. The molecule has 0 amide bonds. The average Bonchev–Trinajstić information content (AvgIpc) is 3.77. The molecule has 2 saturated heterocycles. The van der Waals surface area contributed by atoms with Gasteiger partial charge < -0.3 is 0 Å². The van der Waals surface area contributed by atoms with Crippen LogP contribution in [0.2, 0.25) is 0 Å². The van der Waals surface area contributed by atoms with E-state index in [-0.39, 0.29) is 11.7 Å². The van der Waals surface area contributed by atoms with Gasteiger partial charge in [0.05, 0.1) is 17.4 Å². The standard InChI is InChI=1S/C32H33N7O2/c1-2-3-10-30-33-28-16-15-23(29-19-24-7-6-17-39(24)41-29)18-27(28)32(40)38(30)20-21-11-13-22(14-12-21)25-8-4-5-9-26(25)31-34-36-37-35-31/h4-5,8-9,11-16,18,24,29H,2-3,6-7,10,17,19-20H2,1H3,(H,34,35,36,37)/t24-,29-/m1/s1. The first-order chi connectivity index (χ1) is 20.2. The normalized spacial score (nSPS) is 18.8. The lowest BCUT2D eigenvalue weighted by Crippen LogP contribution is -2.26. The topological polar surface area (TPSA) is 102 Å². The van der Waals surface area contributed by atoms with Crippen LogP contribution in [0.25, 0.3) is 33.4 Å². The van der Waals surface area contributed by atoms with Crippen molar-refractivity contribution in [3.8, 4) is 22.5 Å². The first-order valence-corrected chi connectivity index (χ1v) is 14.6. The number of nitrogens with zero attached hydrogens (tertiary/aromatic N) is 6. The van der Waals surface area contributed by atoms with Crippen molar-refractivity contribution in [1.82, 2.24) is 35.2 Å². The number of hydroxylamine groups is 2. The number of aryl methyl sites for hydroxylation is 1. The van der Waals surface area contributed by atoms with Crippen molar-refractivity contribution in [3.63, 3.8) is 0 Å². The van der Waals surface area contributed by atoms with Gasteiger partial charge in [0, 0.05) is 24.6 Å². The van der Waals surface area contributed by atoms with Crippen molar-refractivity contribution in [1.29, 1.82) is 0 Å². The van der Waals surface area contributed by atoms with Gasteiger partial charge in [-0.3, -0.25) is 14.2 Å². The second-order valence-corrected chi connectivity index (χ2v) is 11.0. The summed E-state index contributed by atoms with van der Waals surface area (Å²) in [6.07, 6.45) is 6.14. The van der Waals surface area contributed by atoms with Gasteiger partial charge in [0.15, 0.2) is 0 Å². The zero-order chi connectivity index (χ0) is 27.8. The van der Waals surface area contributed by atoms with Crippen LogP contribution < -0.4 is 5.56 Å². The van der Waals surface area contributed by atoms with Gasteiger partial charge in [-0.05, 0) is 65.3 Å². The van der Waals surface area contributed by atoms with Crippen LogP contribution in [0, 0.1) is 0 Å². The summed E-state index contributed by atoms with van der Waals surface area (Å²) in [6.45, 7) is 3.62. The van der Waals surface area contributed by atoms with Gasteiger partial charge >= 0.3 is 0 Å². The molecule has 2 fully saturated rings. The van der Waals surface area contributed by atoms with E-state index in [4.69, 9.17) is 9.82 Å². The van der Waals surface area contributed by atoms with E-state index in [0.717, 1.165) is 71.4 Å². The number of nitrogens with one attached hydrogen (secondary N) is 1. The van der Waals surface area contributed by atoms with Gasteiger partial charge in [-0.2, -0.15) is 10.3 Å². The maximum absolute atomic E-state index is 14.0. The second kappa shape index (κ2) is 11.0. The minimum atomic E-state index is 0.000175. The van der Waals surface area contributed by atoms with Gasteiger partial charge in [-0.1, -0.05) is 67.9 Å². The van der Waals surface area contributed by atoms with E-state index in [1.165, 1.54) is 12.8 Å². The molecule has 2 atom stereocenters. The van der Waals surface area contributed by atoms with Crippen LogP contribution in [0.3, 0.4) is 0 Å². The summed E-state index contributed by atoms with van der Waals surface area (Å²) < 4.78 is 1.86. The summed E-state index contributed by atoms with van der Waals surface area (Å²) in [5.41, 5.74) is 5.85. The number of aromatic nitrogens is 6. The van der Waals surface area contributed by atoms with E-state index in [9.17, 15) is 4.79 Å². The van der Waals surface area contributed by atoms with Crippen molar-refractivity contribution in [2.75, 3.05) is 6.54 Å². The minimum Gasteiger partial charge on any atom is -0.292 e. The molecule has 9 heteroatoms. The number of hydrogen-bond donors (Lipinski definition) is 1. The van der Waals surface area contributed by atoms with Crippen LogP contribution in [0.4, 0.5) is 0 Å². The molecule has 0 aliphatic carbocycles. The lowest BCUT2D eigenvalue weighted by atomic mass is 9.98. The lowest BCUT2D eigenvalue weighted by Gasteiger charge is -2.16. The van der Waals surface area contributed by atoms with Crippen LogP contribution in [0.1, 0.15) is 62.1 Å². The Morgan fingerprint density at radius 1 is 1.05 bits per heavy atom. The SMILES string of the molecule is CCCCc1nc2ccc([C@H]3C[C@H]4CCCN4O3)cc2c(=O)n1Cc1ccc(-c2ccccc2-c2nn[nH]n2)cc1. The maximum atomic E-state index is 14.0. The molecule has 9 nitrogen and oxygen atoms in total. The van der Waals surface area contributed by atoms with Crippen LogP contribution >= 0.6 is 0 Å². The summed E-state index contributed by atoms with van der Waals surface area (Å²) in [5.74, 6) is 1.39. The predicted octanol–water partition coefficient (Wildman–Crippen LogP) is 5.48. The molecule has 41 heavy (non-hydrogen) atoms. The Morgan fingerprint density at radius 2 is 1.90 bits per heavy atom. The highest BCUT2D eigenvalue weighted by atomic mass is 16.7. The van der Waals surface area contributed by atoms with Crippen LogP contribution in [-0.4, -0.2) is 47.8 Å². The molecule has 0 unspecified atom stereocenters. The van der Waals surface area contributed by atoms with Gasteiger partial charge in [-0.25, -0.2) is 4.98 Å². The fraction of sp³-hybridized carbons (Fsp3) is 0.344. The number of tetrazole rings is 1. The van der Waals surface area contributed by atoms with Crippen LogP contribution in [0.15, 0.2) is 71.5 Å². The first-order valence-electron chi connectivity index (χ1n) is 14.6. The molecular formula is C32H33N7O2. The molecule has 5 aromatic rings. The third kappa shape index (κ3) is 4.96. The molecule has 0 bridgehead atoms. The number of unbranched alkanes of at least 4 members (excludes halogenated alkanes) is 1. The molecule has 7 rings (SSSR count). The number of rotatable bonds is 8. The lowest BCUT2D eigenvalue weighted by molar-refractivity contribution is -0.149. The van der Waals surface area contributed by atoms with Crippen LogP contribution in [0.5, 0.6) is 0 Å². The molecule has 0 radical (unpaired) electrons. The van der Waals surface area contributed by atoms with Crippen molar-refractivity contribution in [3.05, 3.63) is 94.0 Å². The molecule has 208 valence electrons. The highest BCUT2D eigenvalue weighted by molar-refractivity contribution is 5.80. The number of aromatic amines is 1. The Balaban J connectivity index is 1.21. The zero-order valence-corrected chi connectivity index (χ0v) is 23.2. The summed E-state index contributed by atoms with van der Waals surface area (Å²) in [5, 5.41) is 17.3. The monoisotopic (exact) mass is 547 g/mol. The fourth-order valence-corrected chi connectivity index (χ4v) is 6.19. The van der Waals surface area contributed by atoms with E-state index in [0.29, 0.717) is 23.8 Å². The molecule has 0 spiro atoms. The second-order valence-electron chi connectivity index (χ2n) is 11.0. The number of hydrogen-bond acceptors (Lipinski definition) is 7. The fourth-order valence-electron chi connectivity index (χ4n) is 6.19. The van der Waals surface area contributed by atoms with Gasteiger partial charge in [0.1, 0.15) is 11.9 Å². The maximum Gasteiger partial charge on any atom is 0.261 e. The van der Waals surface area contributed by atoms with Crippen LogP contribution in [-0.2, 0) is 17.8 Å². The number of H-pyrrole nitrogens is 1. The Bertz CT molecular complexity index is 1720. The van der Waals surface area contributed by atoms with Gasteiger partial charge in [-0.15, -0.1) is 10.2 Å². The third-order valence-corrected chi connectivity index (χ3v) is 8.37. The van der Waals surface area contributed by atoms with Gasteiger partial charge in [0.25, 0.3) is 5.56 Å². The average molecular weight is 548 g/mol. The summed E-state index contributed by atoms with van der Waals surface area (Å²) in [4.78, 5) is 25.2. The van der Waals surface area contributed by atoms with Crippen molar-refractivity contribution < 1.29 is 4.84 Å². The molecular weight excluding hydrogens is 514 g/mol. The van der Waals surface area contributed by atoms with Crippen molar-refractivity contribution in [2.45, 2.75) is 64.1 Å². The van der Waals surface area contributed by atoms with E-state index in [1.807, 2.05) is 34.9 Å². The molecule has 2 aromatic heterocycles. The van der Waals surface area contributed by atoms with E-state index >= 15 is 0 Å². The number of fused-ring (bicyclic) bond motifs is 2. The quantitative estimate of drug-likeness (QED) is 0.275. The molecule has 0 saturated carbocycles. The Hall–Kier alpha value is -4.21. The highest BCUT2D eigenvalue weighted by Crippen LogP contribution is 2.39. The number of benzene rings is 3. The summed E-state index contributed by atoms with van der Waals surface area (Å²) in [6, 6.07) is 22.9. The molecule has 2 aliphatic rings. The van der Waals surface area contributed by atoms with Crippen molar-refractivity contribution in [2.24, 2.45) is 0 Å². The Kier molecular flexibility index (Phi) is 6.90. The van der Waals surface area contributed by atoms with E-state index in [1.54, 1.807) is 0 Å². The Labute approximate surface area is 238 Å². The smallest absolute Gasteiger partial charge is 0.261 e. The van der Waals surface area contributed by atoms with E-state index in [2.05, 4.69) is 69.0 Å². The minimum absolute atomic E-state index is 0.000175. The zero-order valence-electron chi connectivity index (χ0n) is 23.2. The Morgan fingerprint density at radius 3 is 2.68 bits per heavy atom. The molecule has 3 aromatic carbocycles. The molecule has 4 heterocycles. The predicted molar refractivity (Wildman–Crippen MR) is 157 cm³/mol. The van der Waals surface area contributed by atoms with E-state index < -0.39 is 0 Å². The van der Waals surface area contributed by atoms with Crippen molar-refractivity contribution >= 4 is 10.9 Å². The largest absolute Gasteiger partial charge is 0.292 e. The highest BCUT2D eigenvalue weighted by Gasteiger charge is 2.37. The summed E-state index contributed by atoms with van der Waals surface area (Å²) >= 11 is 0.